The monoisotopic (exact) mass is 213 g/mol. The Morgan fingerprint density at radius 3 is 2.43 bits per heavy atom. The lowest BCUT2D eigenvalue weighted by Crippen LogP contribution is -2.32. The van der Waals surface area contributed by atoms with Gasteiger partial charge in [-0.1, -0.05) is 18.2 Å². The van der Waals surface area contributed by atoms with Gasteiger partial charge in [-0.2, -0.15) is 0 Å². The van der Waals surface area contributed by atoms with Gasteiger partial charge < -0.3 is 11.1 Å². The van der Waals surface area contributed by atoms with Gasteiger partial charge in [0.15, 0.2) is 0 Å². The second kappa shape index (κ2) is 5.99. The number of hydrogen-bond donors (Lipinski definition) is 3. The summed E-state index contributed by atoms with van der Waals surface area (Å²) in [5.41, 5.74) is 5.66. The minimum absolute atomic E-state index is 0. The van der Waals surface area contributed by atoms with Crippen molar-refractivity contribution in [2.45, 2.75) is 0 Å². The summed E-state index contributed by atoms with van der Waals surface area (Å²) in [7, 11) is 0. The highest BCUT2D eigenvalue weighted by Crippen LogP contribution is 1.96. The van der Waals surface area contributed by atoms with Gasteiger partial charge in [0.2, 0.25) is 0 Å². The second-order valence-electron chi connectivity index (χ2n) is 2.57. The zero-order chi connectivity index (χ0) is 9.68. The minimum Gasteiger partial charge on any atom is -0.386 e. The van der Waals surface area contributed by atoms with Crippen molar-refractivity contribution in [2.24, 2.45) is 5.73 Å². The topological polar surface area (TPSA) is 79.0 Å². The largest absolute Gasteiger partial charge is 0.386 e. The van der Waals surface area contributed by atoms with Crippen LogP contribution in [0.1, 0.15) is 10.4 Å². The van der Waals surface area contributed by atoms with Gasteiger partial charge in [0.25, 0.3) is 5.91 Å². The van der Waals surface area contributed by atoms with Crippen molar-refractivity contribution in [2.75, 3.05) is 6.54 Å². The fraction of sp³-hybridized carbons (Fsp3) is 0.111. The Kier molecular flexibility index (Phi) is 5.33. The van der Waals surface area contributed by atoms with Crippen molar-refractivity contribution in [3.63, 3.8) is 0 Å². The summed E-state index contributed by atoms with van der Waals surface area (Å²) in [6.07, 6.45) is 0. The predicted octanol–water partition coefficient (Wildman–Crippen LogP) is 0.774. The van der Waals surface area contributed by atoms with E-state index >= 15 is 0 Å². The van der Waals surface area contributed by atoms with Gasteiger partial charge in [0, 0.05) is 5.56 Å². The summed E-state index contributed by atoms with van der Waals surface area (Å²) in [5.74, 6) is -0.264. The van der Waals surface area contributed by atoms with E-state index in [9.17, 15) is 4.79 Å². The molecule has 0 radical (unpaired) electrons. The van der Waals surface area contributed by atoms with E-state index in [4.69, 9.17) is 11.1 Å². The molecule has 4 nitrogen and oxygen atoms in total. The highest BCUT2D eigenvalue weighted by atomic mass is 35.5. The molecule has 1 aromatic carbocycles. The lowest BCUT2D eigenvalue weighted by atomic mass is 10.2. The second-order valence-corrected chi connectivity index (χ2v) is 2.57. The highest BCUT2D eigenvalue weighted by Gasteiger charge is 2.02. The summed E-state index contributed by atoms with van der Waals surface area (Å²) in [6, 6.07) is 8.80. The maximum absolute atomic E-state index is 11.3. The van der Waals surface area contributed by atoms with E-state index in [2.05, 4.69) is 5.32 Å². The molecule has 0 aliphatic rings. The molecular formula is C9H12ClN3O. The van der Waals surface area contributed by atoms with Crippen LogP contribution in [0, 0.1) is 5.41 Å². The highest BCUT2D eigenvalue weighted by molar-refractivity contribution is 5.96. The molecule has 0 aliphatic heterocycles. The first-order chi connectivity index (χ1) is 6.20. The van der Waals surface area contributed by atoms with Crippen LogP contribution in [0.25, 0.3) is 0 Å². The van der Waals surface area contributed by atoms with E-state index in [1.807, 2.05) is 6.07 Å². The fourth-order valence-corrected chi connectivity index (χ4v) is 0.867. The van der Waals surface area contributed by atoms with E-state index in [0.717, 1.165) is 0 Å². The molecule has 0 saturated heterocycles. The molecule has 0 heterocycles. The fourth-order valence-electron chi connectivity index (χ4n) is 0.867. The number of nitrogens with two attached hydrogens (primary N) is 1. The number of halogens is 1. The molecule has 0 atom stereocenters. The van der Waals surface area contributed by atoms with Crippen LogP contribution < -0.4 is 11.1 Å². The number of hydrogen-bond acceptors (Lipinski definition) is 2. The van der Waals surface area contributed by atoms with Crippen LogP contribution in [0.15, 0.2) is 30.3 Å². The summed E-state index contributed by atoms with van der Waals surface area (Å²) in [5, 5.41) is 9.42. The van der Waals surface area contributed by atoms with Gasteiger partial charge in [0.05, 0.1) is 6.54 Å². The number of carbonyl (C=O) groups is 1. The Morgan fingerprint density at radius 1 is 1.36 bits per heavy atom. The molecule has 0 unspecified atom stereocenters. The van der Waals surface area contributed by atoms with Crippen LogP contribution in [0.5, 0.6) is 0 Å². The summed E-state index contributed by atoms with van der Waals surface area (Å²) < 4.78 is 0. The van der Waals surface area contributed by atoms with Crippen LogP contribution in [0.2, 0.25) is 0 Å². The van der Waals surface area contributed by atoms with Gasteiger partial charge in [-0.3, -0.25) is 10.2 Å². The first-order valence-electron chi connectivity index (χ1n) is 3.86. The van der Waals surface area contributed by atoms with E-state index in [0.29, 0.717) is 5.56 Å². The van der Waals surface area contributed by atoms with Crippen LogP contribution >= 0.6 is 12.4 Å². The Balaban J connectivity index is 0.00000169. The van der Waals surface area contributed by atoms with E-state index in [1.54, 1.807) is 24.3 Å². The van der Waals surface area contributed by atoms with Crippen LogP contribution in [0.4, 0.5) is 0 Å². The first kappa shape index (κ1) is 12.4. The third-order valence-corrected chi connectivity index (χ3v) is 1.48. The van der Waals surface area contributed by atoms with Gasteiger partial charge in [-0.25, -0.2) is 0 Å². The zero-order valence-corrected chi connectivity index (χ0v) is 8.30. The predicted molar refractivity (Wildman–Crippen MR) is 57.9 cm³/mol. The van der Waals surface area contributed by atoms with Gasteiger partial charge in [0.1, 0.15) is 5.84 Å². The summed E-state index contributed by atoms with van der Waals surface area (Å²) in [4.78, 5) is 11.3. The quantitative estimate of drug-likeness (QED) is 0.512. The third kappa shape index (κ3) is 3.91. The molecule has 1 amide bonds. The average Bonchev–Trinajstić information content (AvgIpc) is 2.15. The Morgan fingerprint density at radius 2 is 1.93 bits per heavy atom. The Bertz CT molecular complexity index is 313. The SMILES string of the molecule is Cl.N=C(N)CNC(=O)c1ccccc1. The van der Waals surface area contributed by atoms with E-state index in [-0.39, 0.29) is 30.7 Å². The minimum atomic E-state index is -0.212. The third-order valence-electron chi connectivity index (χ3n) is 1.48. The van der Waals surface area contributed by atoms with Gasteiger partial charge in [-0.05, 0) is 12.1 Å². The summed E-state index contributed by atoms with van der Waals surface area (Å²) in [6.45, 7) is 0.0910. The number of rotatable bonds is 3. The molecule has 0 aromatic heterocycles. The Hall–Kier alpha value is -1.55. The molecule has 0 aliphatic carbocycles. The molecule has 0 fully saturated rings. The normalized spacial score (nSPS) is 8.57. The molecule has 1 aromatic rings. The molecular weight excluding hydrogens is 202 g/mol. The number of carbonyl (C=O) groups excluding carboxylic acids is 1. The first-order valence-corrected chi connectivity index (χ1v) is 3.86. The van der Waals surface area contributed by atoms with Crippen LogP contribution in [-0.2, 0) is 0 Å². The maximum atomic E-state index is 11.3. The average molecular weight is 214 g/mol. The van der Waals surface area contributed by atoms with Crippen molar-refractivity contribution in [1.82, 2.24) is 5.32 Å². The number of amides is 1. The lowest BCUT2D eigenvalue weighted by molar-refractivity contribution is 0.0959. The van der Waals surface area contributed by atoms with Crippen molar-refractivity contribution < 1.29 is 4.79 Å². The molecule has 0 spiro atoms. The molecule has 0 bridgehead atoms. The van der Waals surface area contributed by atoms with E-state index in [1.165, 1.54) is 0 Å². The lowest BCUT2D eigenvalue weighted by Gasteiger charge is -2.02. The van der Waals surface area contributed by atoms with Gasteiger partial charge in [-0.15, -0.1) is 12.4 Å². The van der Waals surface area contributed by atoms with Crippen molar-refractivity contribution in [1.29, 1.82) is 5.41 Å². The number of amidine groups is 1. The van der Waals surface area contributed by atoms with Gasteiger partial charge >= 0.3 is 0 Å². The summed E-state index contributed by atoms with van der Waals surface area (Å²) >= 11 is 0. The number of nitrogens with one attached hydrogen (secondary N) is 2. The standard InChI is InChI=1S/C9H11N3O.ClH/c10-8(11)6-12-9(13)7-4-2-1-3-5-7;/h1-5H,6H2,(H3,10,11)(H,12,13);1H. The van der Waals surface area contributed by atoms with Crippen molar-refractivity contribution in [3.8, 4) is 0 Å². The number of benzene rings is 1. The van der Waals surface area contributed by atoms with Crippen molar-refractivity contribution in [3.05, 3.63) is 35.9 Å². The van der Waals surface area contributed by atoms with Crippen molar-refractivity contribution >= 4 is 24.1 Å². The van der Waals surface area contributed by atoms with Crippen LogP contribution in [0.3, 0.4) is 0 Å². The zero-order valence-electron chi connectivity index (χ0n) is 7.49. The van der Waals surface area contributed by atoms with Crippen LogP contribution in [-0.4, -0.2) is 18.3 Å². The molecule has 14 heavy (non-hydrogen) atoms. The molecule has 76 valence electrons. The van der Waals surface area contributed by atoms with E-state index < -0.39 is 0 Å². The molecule has 1 rings (SSSR count). The Labute approximate surface area is 88.4 Å². The maximum Gasteiger partial charge on any atom is 0.251 e. The molecule has 0 saturated carbocycles. The molecule has 4 N–H and O–H groups in total. The smallest absolute Gasteiger partial charge is 0.251 e. The molecule has 5 heteroatoms.